The van der Waals surface area contributed by atoms with Crippen LogP contribution in [0.5, 0.6) is 0 Å². The van der Waals surface area contributed by atoms with Crippen LogP contribution in [-0.4, -0.2) is 4.98 Å². The van der Waals surface area contributed by atoms with Gasteiger partial charge in [0.1, 0.15) is 11.2 Å². The Kier molecular flexibility index (Phi) is 4.86. The summed E-state index contributed by atoms with van der Waals surface area (Å²) < 4.78 is 7.87. The van der Waals surface area contributed by atoms with Crippen molar-refractivity contribution in [3.63, 3.8) is 0 Å². The zero-order chi connectivity index (χ0) is 23.6. The monoisotopic (exact) mass is 461 g/mol. The number of hydrogen-bond donors (Lipinski definition) is 0. The highest BCUT2D eigenvalue weighted by molar-refractivity contribution is 7.19. The molecule has 0 saturated heterocycles. The van der Waals surface area contributed by atoms with Crippen LogP contribution in [-0.2, 0) is 0 Å². The Bertz CT molecular complexity index is 1700. The Morgan fingerprint density at radius 1 is 0.765 bits per heavy atom. The maximum atomic E-state index is 6.60. The fraction of sp³-hybridized carbons (Fsp3) is 0.194. The second-order valence-electron chi connectivity index (χ2n) is 9.57. The highest BCUT2D eigenvalue weighted by Gasteiger charge is 2.19. The number of rotatable bonds is 3. The third-order valence-electron chi connectivity index (χ3n) is 6.87. The average Bonchev–Trinajstić information content (AvgIpc) is 3.38. The van der Waals surface area contributed by atoms with E-state index in [1.807, 2.05) is 11.3 Å². The lowest BCUT2D eigenvalue weighted by atomic mass is 9.88. The summed E-state index contributed by atoms with van der Waals surface area (Å²) in [6.45, 7) is 11.0. The molecule has 0 radical (unpaired) electrons. The van der Waals surface area contributed by atoms with Crippen molar-refractivity contribution in [2.45, 2.75) is 40.5 Å². The van der Waals surface area contributed by atoms with Gasteiger partial charge < -0.3 is 4.42 Å². The van der Waals surface area contributed by atoms with Gasteiger partial charge in [0.05, 0.1) is 5.69 Å². The van der Waals surface area contributed by atoms with E-state index in [9.17, 15) is 0 Å². The highest BCUT2D eigenvalue weighted by Crippen LogP contribution is 2.42. The minimum atomic E-state index is 0.382. The van der Waals surface area contributed by atoms with E-state index in [-0.39, 0.29) is 0 Å². The fourth-order valence-corrected chi connectivity index (χ4v) is 6.15. The first-order chi connectivity index (χ1) is 16.4. The molecule has 168 valence electrons. The second kappa shape index (κ2) is 7.82. The lowest BCUT2D eigenvalue weighted by Gasteiger charge is -2.18. The summed E-state index contributed by atoms with van der Waals surface area (Å²) in [5.41, 5.74) is 10.3. The normalized spacial score (nSPS) is 11.9. The number of nitrogens with zero attached hydrogens (tertiary/aromatic N) is 1. The van der Waals surface area contributed by atoms with Gasteiger partial charge in [0.25, 0.3) is 0 Å². The van der Waals surface area contributed by atoms with Crippen LogP contribution in [0.25, 0.3) is 54.4 Å². The quantitative estimate of drug-likeness (QED) is 0.262. The molecule has 2 nitrogen and oxygen atoms in total. The number of aryl methyl sites for hydroxylation is 3. The Hall–Kier alpha value is -3.43. The Labute approximate surface area is 203 Å². The van der Waals surface area contributed by atoms with Crippen molar-refractivity contribution in [1.82, 2.24) is 4.98 Å². The van der Waals surface area contributed by atoms with Crippen LogP contribution in [0.15, 0.2) is 71.3 Å². The number of pyridine rings is 1. The minimum Gasteiger partial charge on any atom is -0.455 e. The molecule has 34 heavy (non-hydrogen) atoms. The molecule has 3 aromatic carbocycles. The minimum absolute atomic E-state index is 0.382. The number of thiophene rings is 1. The summed E-state index contributed by atoms with van der Waals surface area (Å²) in [6.07, 6.45) is 2.06. The van der Waals surface area contributed by atoms with E-state index in [0.717, 1.165) is 33.2 Å². The molecule has 3 heterocycles. The van der Waals surface area contributed by atoms with E-state index in [4.69, 9.17) is 9.40 Å². The predicted molar refractivity (Wildman–Crippen MR) is 146 cm³/mol. The summed E-state index contributed by atoms with van der Waals surface area (Å²) in [6, 6.07) is 21.8. The van der Waals surface area contributed by atoms with Crippen molar-refractivity contribution < 1.29 is 4.42 Å². The first-order valence-electron chi connectivity index (χ1n) is 11.8. The molecule has 0 unspecified atom stereocenters. The number of furan rings is 1. The summed E-state index contributed by atoms with van der Waals surface area (Å²) in [5.74, 6) is 0.382. The lowest BCUT2D eigenvalue weighted by Crippen LogP contribution is -1.99. The molecule has 6 rings (SSSR count). The van der Waals surface area contributed by atoms with Crippen LogP contribution in [0.4, 0.5) is 0 Å². The van der Waals surface area contributed by atoms with E-state index in [0.29, 0.717) is 5.92 Å². The number of benzene rings is 3. The molecule has 0 saturated carbocycles. The summed E-state index contributed by atoms with van der Waals surface area (Å²) in [5, 5.41) is 3.50. The third kappa shape index (κ3) is 3.19. The zero-order valence-electron chi connectivity index (χ0n) is 20.2. The maximum Gasteiger partial charge on any atom is 0.144 e. The van der Waals surface area contributed by atoms with E-state index < -0.39 is 0 Å². The molecule has 3 aromatic heterocycles. The van der Waals surface area contributed by atoms with Gasteiger partial charge in [0, 0.05) is 37.5 Å². The van der Waals surface area contributed by atoms with Crippen molar-refractivity contribution >= 4 is 43.4 Å². The van der Waals surface area contributed by atoms with Gasteiger partial charge in [0.2, 0.25) is 0 Å². The van der Waals surface area contributed by atoms with Gasteiger partial charge in [-0.15, -0.1) is 11.3 Å². The van der Waals surface area contributed by atoms with E-state index in [2.05, 4.69) is 101 Å². The molecular formula is C31H27NOS. The van der Waals surface area contributed by atoms with Gasteiger partial charge in [-0.3, -0.25) is 4.98 Å². The lowest BCUT2D eigenvalue weighted by molar-refractivity contribution is 0.673. The van der Waals surface area contributed by atoms with Crippen molar-refractivity contribution in [3.05, 3.63) is 88.4 Å². The van der Waals surface area contributed by atoms with Crippen molar-refractivity contribution in [3.8, 4) is 22.4 Å². The molecule has 0 aliphatic heterocycles. The van der Waals surface area contributed by atoms with Crippen LogP contribution >= 0.6 is 11.3 Å². The Morgan fingerprint density at radius 3 is 2.26 bits per heavy atom. The van der Waals surface area contributed by atoms with Gasteiger partial charge in [-0.05, 0) is 84.8 Å². The standard InChI is InChI=1S/C31H27NOS/c1-17(2)26-16-32-27(15-24(26)29-18(3)8-6-9-19(29)4)23-11-7-10-21-22-12-13-28-25(14-20(5)34-28)31(22)33-30(21)23/h6-17H,1-5H3. The van der Waals surface area contributed by atoms with Crippen LogP contribution in [0.1, 0.15) is 41.3 Å². The highest BCUT2D eigenvalue weighted by atomic mass is 32.1. The third-order valence-corrected chi connectivity index (χ3v) is 7.88. The SMILES string of the molecule is Cc1cc2c(ccc3c4cccc(-c5cc(-c6c(C)cccc6C)c(C(C)C)cn5)c4oc23)s1. The van der Waals surface area contributed by atoms with Crippen molar-refractivity contribution in [2.75, 3.05) is 0 Å². The molecule has 6 aromatic rings. The van der Waals surface area contributed by atoms with Gasteiger partial charge in [-0.1, -0.05) is 44.2 Å². The van der Waals surface area contributed by atoms with Gasteiger partial charge in [-0.2, -0.15) is 0 Å². The van der Waals surface area contributed by atoms with Crippen molar-refractivity contribution in [1.29, 1.82) is 0 Å². The smallest absolute Gasteiger partial charge is 0.144 e. The van der Waals surface area contributed by atoms with Gasteiger partial charge in [-0.25, -0.2) is 0 Å². The molecule has 0 N–H and O–H groups in total. The van der Waals surface area contributed by atoms with Crippen LogP contribution in [0.2, 0.25) is 0 Å². The van der Waals surface area contributed by atoms with Gasteiger partial charge in [0.15, 0.2) is 0 Å². The van der Waals surface area contributed by atoms with Crippen LogP contribution in [0, 0.1) is 20.8 Å². The molecule has 0 amide bonds. The largest absolute Gasteiger partial charge is 0.455 e. The van der Waals surface area contributed by atoms with E-state index in [1.54, 1.807) is 0 Å². The summed E-state index contributed by atoms with van der Waals surface area (Å²) in [7, 11) is 0. The fourth-order valence-electron chi connectivity index (χ4n) is 5.23. The van der Waals surface area contributed by atoms with E-state index >= 15 is 0 Å². The number of hydrogen-bond acceptors (Lipinski definition) is 3. The molecule has 0 bridgehead atoms. The molecule has 0 aliphatic carbocycles. The molecule has 0 atom stereocenters. The topological polar surface area (TPSA) is 26.0 Å². The molecule has 3 heteroatoms. The number of aromatic nitrogens is 1. The predicted octanol–water partition coefficient (Wildman–Crippen LogP) is 9.58. The van der Waals surface area contributed by atoms with E-state index in [1.165, 1.54) is 42.8 Å². The Morgan fingerprint density at radius 2 is 1.50 bits per heavy atom. The number of fused-ring (bicyclic) bond motifs is 5. The first-order valence-corrected chi connectivity index (χ1v) is 12.7. The van der Waals surface area contributed by atoms with Crippen molar-refractivity contribution in [2.24, 2.45) is 0 Å². The molecular weight excluding hydrogens is 434 g/mol. The van der Waals surface area contributed by atoms with Gasteiger partial charge >= 0.3 is 0 Å². The zero-order valence-corrected chi connectivity index (χ0v) is 21.0. The van der Waals surface area contributed by atoms with Crippen LogP contribution in [0.3, 0.4) is 0 Å². The molecule has 0 spiro atoms. The molecule has 0 fully saturated rings. The first kappa shape index (κ1) is 21.1. The summed E-state index contributed by atoms with van der Waals surface area (Å²) >= 11 is 1.81. The average molecular weight is 462 g/mol. The maximum absolute atomic E-state index is 6.60. The Balaban J connectivity index is 1.64. The molecule has 0 aliphatic rings. The second-order valence-corrected chi connectivity index (χ2v) is 10.9. The van der Waals surface area contributed by atoms with Crippen LogP contribution < -0.4 is 0 Å². The number of para-hydroxylation sites is 1. The summed E-state index contributed by atoms with van der Waals surface area (Å²) in [4.78, 5) is 6.24.